The van der Waals surface area contributed by atoms with Crippen LogP contribution in [0.15, 0.2) is 30.3 Å². The fourth-order valence-corrected chi connectivity index (χ4v) is 2.79. The Morgan fingerprint density at radius 3 is 2.75 bits per heavy atom. The van der Waals surface area contributed by atoms with E-state index in [9.17, 15) is 4.79 Å². The maximum atomic E-state index is 11.2. The molecule has 1 aliphatic heterocycles. The first-order valence-electron chi connectivity index (χ1n) is 7.87. The molecule has 1 heterocycles. The topological polar surface area (TPSA) is 41.1 Å². The van der Waals surface area contributed by atoms with Crippen molar-refractivity contribution in [1.29, 1.82) is 0 Å². The van der Waals surface area contributed by atoms with Gasteiger partial charge in [-0.25, -0.2) is 0 Å². The van der Waals surface area contributed by atoms with Crippen LogP contribution in [0.3, 0.4) is 0 Å². The van der Waals surface area contributed by atoms with Crippen LogP contribution in [0.4, 0.5) is 0 Å². The average molecular weight is 274 g/mol. The predicted molar refractivity (Wildman–Crippen MR) is 82.5 cm³/mol. The summed E-state index contributed by atoms with van der Waals surface area (Å²) >= 11 is 0. The normalized spacial score (nSPS) is 19.9. The molecule has 110 valence electrons. The Balaban J connectivity index is 1.87. The van der Waals surface area contributed by atoms with E-state index in [2.05, 4.69) is 47.9 Å². The van der Waals surface area contributed by atoms with Gasteiger partial charge in [-0.1, -0.05) is 56.5 Å². The molecule has 0 spiro atoms. The summed E-state index contributed by atoms with van der Waals surface area (Å²) in [6.45, 7) is 3.11. The Hall–Kier alpha value is -1.35. The Morgan fingerprint density at radius 1 is 1.30 bits per heavy atom. The summed E-state index contributed by atoms with van der Waals surface area (Å²) in [4.78, 5) is 11.2. The molecule has 2 rings (SSSR count). The van der Waals surface area contributed by atoms with Gasteiger partial charge in [-0.05, 0) is 18.4 Å². The van der Waals surface area contributed by atoms with Gasteiger partial charge < -0.3 is 10.6 Å². The van der Waals surface area contributed by atoms with Crippen LogP contribution in [0.2, 0.25) is 0 Å². The van der Waals surface area contributed by atoms with Gasteiger partial charge >= 0.3 is 0 Å². The van der Waals surface area contributed by atoms with Crippen LogP contribution in [0.1, 0.15) is 57.1 Å². The summed E-state index contributed by atoms with van der Waals surface area (Å²) in [6.07, 6.45) is 6.59. The second kappa shape index (κ2) is 8.05. The van der Waals surface area contributed by atoms with E-state index in [1.54, 1.807) is 0 Å². The van der Waals surface area contributed by atoms with E-state index in [0.29, 0.717) is 18.5 Å². The number of benzene rings is 1. The molecule has 1 aromatic carbocycles. The molecule has 0 bridgehead atoms. The highest BCUT2D eigenvalue weighted by Gasteiger charge is 2.21. The third-order valence-electron chi connectivity index (χ3n) is 3.99. The lowest BCUT2D eigenvalue weighted by molar-refractivity contribution is -0.119. The first kappa shape index (κ1) is 15.0. The summed E-state index contributed by atoms with van der Waals surface area (Å²) in [6, 6.07) is 11.3. The van der Waals surface area contributed by atoms with E-state index in [4.69, 9.17) is 0 Å². The number of hydrogen-bond donors (Lipinski definition) is 2. The molecular formula is C17H26N2O. The first-order valence-corrected chi connectivity index (χ1v) is 7.87. The summed E-state index contributed by atoms with van der Waals surface area (Å²) in [5.41, 5.74) is 1.35. The Bertz CT molecular complexity index is 405. The summed E-state index contributed by atoms with van der Waals surface area (Å²) in [7, 11) is 0. The van der Waals surface area contributed by atoms with Crippen molar-refractivity contribution in [3.63, 3.8) is 0 Å². The minimum atomic E-state index is 0.194. The van der Waals surface area contributed by atoms with Crippen LogP contribution >= 0.6 is 0 Å². The average Bonchev–Trinajstić information content (AvgIpc) is 2.89. The third kappa shape index (κ3) is 4.64. The summed E-state index contributed by atoms with van der Waals surface area (Å²) in [5.74, 6) is 0.194. The lowest BCUT2D eigenvalue weighted by Gasteiger charge is -2.21. The second-order valence-electron chi connectivity index (χ2n) is 5.67. The van der Waals surface area contributed by atoms with E-state index in [1.165, 1.54) is 31.2 Å². The number of unbranched alkanes of at least 4 members (excludes halogenated alkanes) is 2. The minimum absolute atomic E-state index is 0.194. The molecule has 3 heteroatoms. The SMILES string of the molecule is CCCCCC(NCC1CCC(=O)N1)c1ccccc1. The third-order valence-corrected chi connectivity index (χ3v) is 3.99. The van der Waals surface area contributed by atoms with Gasteiger partial charge in [-0.3, -0.25) is 4.79 Å². The summed E-state index contributed by atoms with van der Waals surface area (Å²) in [5, 5.41) is 6.67. The molecule has 0 aliphatic carbocycles. The molecule has 3 nitrogen and oxygen atoms in total. The van der Waals surface area contributed by atoms with Gasteiger partial charge in [0.15, 0.2) is 0 Å². The zero-order valence-electron chi connectivity index (χ0n) is 12.4. The molecule has 2 N–H and O–H groups in total. The van der Waals surface area contributed by atoms with Crippen molar-refractivity contribution < 1.29 is 4.79 Å². The Kier molecular flexibility index (Phi) is 6.06. The van der Waals surface area contributed by atoms with Gasteiger partial charge in [0, 0.05) is 25.0 Å². The number of rotatable bonds is 8. The van der Waals surface area contributed by atoms with Gasteiger partial charge in [-0.15, -0.1) is 0 Å². The van der Waals surface area contributed by atoms with Crippen LogP contribution in [-0.2, 0) is 4.79 Å². The maximum absolute atomic E-state index is 11.2. The molecule has 0 saturated carbocycles. The van der Waals surface area contributed by atoms with Crippen molar-refractivity contribution in [2.24, 2.45) is 0 Å². The van der Waals surface area contributed by atoms with Crippen molar-refractivity contribution in [2.45, 2.75) is 57.5 Å². The van der Waals surface area contributed by atoms with E-state index < -0.39 is 0 Å². The molecule has 2 atom stereocenters. The zero-order valence-corrected chi connectivity index (χ0v) is 12.4. The first-order chi connectivity index (χ1) is 9.79. The van der Waals surface area contributed by atoms with Crippen molar-refractivity contribution >= 4 is 5.91 Å². The molecule has 0 aromatic heterocycles. The zero-order chi connectivity index (χ0) is 14.2. The largest absolute Gasteiger partial charge is 0.352 e. The molecule has 2 unspecified atom stereocenters. The van der Waals surface area contributed by atoms with Crippen LogP contribution in [0, 0.1) is 0 Å². The van der Waals surface area contributed by atoms with Crippen LogP contribution in [0.25, 0.3) is 0 Å². The van der Waals surface area contributed by atoms with Crippen molar-refractivity contribution in [3.05, 3.63) is 35.9 Å². The minimum Gasteiger partial charge on any atom is -0.352 e. The van der Waals surface area contributed by atoms with E-state index in [-0.39, 0.29) is 5.91 Å². The highest BCUT2D eigenvalue weighted by molar-refractivity contribution is 5.78. The van der Waals surface area contributed by atoms with Gasteiger partial charge in [0.2, 0.25) is 5.91 Å². The van der Waals surface area contributed by atoms with E-state index >= 15 is 0 Å². The van der Waals surface area contributed by atoms with Crippen LogP contribution in [-0.4, -0.2) is 18.5 Å². The molecule has 20 heavy (non-hydrogen) atoms. The lowest BCUT2D eigenvalue weighted by Crippen LogP contribution is -2.37. The van der Waals surface area contributed by atoms with Crippen molar-refractivity contribution in [3.8, 4) is 0 Å². The van der Waals surface area contributed by atoms with Gasteiger partial charge in [-0.2, -0.15) is 0 Å². The molecule has 1 amide bonds. The van der Waals surface area contributed by atoms with Gasteiger partial charge in [0.25, 0.3) is 0 Å². The van der Waals surface area contributed by atoms with Crippen LogP contribution in [0.5, 0.6) is 0 Å². The second-order valence-corrected chi connectivity index (χ2v) is 5.67. The quantitative estimate of drug-likeness (QED) is 0.715. The molecule has 0 radical (unpaired) electrons. The Labute approximate surface area is 122 Å². The smallest absolute Gasteiger partial charge is 0.220 e. The molecule has 1 saturated heterocycles. The molecular weight excluding hydrogens is 248 g/mol. The fourth-order valence-electron chi connectivity index (χ4n) is 2.79. The Morgan fingerprint density at radius 2 is 2.10 bits per heavy atom. The molecule has 1 aromatic rings. The number of nitrogens with one attached hydrogen (secondary N) is 2. The van der Waals surface area contributed by atoms with Crippen molar-refractivity contribution in [1.82, 2.24) is 10.6 Å². The lowest BCUT2D eigenvalue weighted by atomic mass is 10.00. The molecule has 1 fully saturated rings. The molecule has 1 aliphatic rings. The van der Waals surface area contributed by atoms with Gasteiger partial charge in [0.05, 0.1) is 0 Å². The number of carbonyl (C=O) groups excluding carboxylic acids is 1. The highest BCUT2D eigenvalue weighted by atomic mass is 16.1. The van der Waals surface area contributed by atoms with Crippen LogP contribution < -0.4 is 10.6 Å². The number of carbonyl (C=O) groups is 1. The van der Waals surface area contributed by atoms with E-state index in [1.807, 2.05) is 0 Å². The number of amides is 1. The monoisotopic (exact) mass is 274 g/mol. The standard InChI is InChI=1S/C17H26N2O/c1-2-3-5-10-16(14-8-6-4-7-9-14)18-13-15-11-12-17(20)19-15/h4,6-9,15-16,18H,2-3,5,10-13H2,1H3,(H,19,20). The fraction of sp³-hybridized carbons (Fsp3) is 0.588. The highest BCUT2D eigenvalue weighted by Crippen LogP contribution is 2.20. The predicted octanol–water partition coefficient (Wildman–Crippen LogP) is 3.18. The van der Waals surface area contributed by atoms with Gasteiger partial charge in [0.1, 0.15) is 0 Å². The van der Waals surface area contributed by atoms with E-state index in [0.717, 1.165) is 13.0 Å². The number of hydrogen-bond acceptors (Lipinski definition) is 2. The maximum Gasteiger partial charge on any atom is 0.220 e. The van der Waals surface area contributed by atoms with Crippen molar-refractivity contribution in [2.75, 3.05) is 6.54 Å². The summed E-state index contributed by atoms with van der Waals surface area (Å²) < 4.78 is 0.